The maximum atomic E-state index is 10.4. The van der Waals surface area contributed by atoms with Gasteiger partial charge in [0, 0.05) is 16.8 Å². The molecule has 2 N–H and O–H groups in total. The molecule has 6 heteroatoms. The second-order valence-electron chi connectivity index (χ2n) is 8.01. The van der Waals surface area contributed by atoms with E-state index in [1.165, 1.54) is 21.6 Å². The van der Waals surface area contributed by atoms with Gasteiger partial charge in [0.2, 0.25) is 0 Å². The number of aliphatic hydroxyl groups is 1. The quantitative estimate of drug-likeness (QED) is 0.715. The Morgan fingerprint density at radius 2 is 2.15 bits per heavy atom. The predicted octanol–water partition coefficient (Wildman–Crippen LogP) is 4.24. The van der Waals surface area contributed by atoms with Crippen molar-refractivity contribution in [2.45, 2.75) is 45.3 Å². The highest BCUT2D eigenvalue weighted by Crippen LogP contribution is 2.42. The summed E-state index contributed by atoms with van der Waals surface area (Å²) in [7, 11) is 0. The summed E-state index contributed by atoms with van der Waals surface area (Å²) in [6.45, 7) is 4.60. The van der Waals surface area contributed by atoms with Crippen molar-refractivity contribution in [3.8, 4) is 0 Å². The molecule has 3 heterocycles. The molecule has 0 saturated carbocycles. The van der Waals surface area contributed by atoms with E-state index in [2.05, 4.69) is 38.5 Å². The molecule has 0 amide bonds. The summed E-state index contributed by atoms with van der Waals surface area (Å²) < 4.78 is 0. The Bertz CT molecular complexity index is 1060. The lowest BCUT2D eigenvalue weighted by Crippen LogP contribution is -2.34. The number of thiophene rings is 1. The number of anilines is 2. The first-order chi connectivity index (χ1) is 13.0. The summed E-state index contributed by atoms with van der Waals surface area (Å²) in [5.74, 6) is 1.16. The normalized spacial score (nSPS) is 18.6. The Hall–Kier alpha value is -2.31. The number of aryl methyl sites for hydroxylation is 1. The number of aliphatic imine (C=N–C) groups is 1. The molecule has 0 saturated heterocycles. The van der Waals surface area contributed by atoms with E-state index in [9.17, 15) is 5.11 Å². The highest BCUT2D eigenvalue weighted by molar-refractivity contribution is 7.19. The van der Waals surface area contributed by atoms with Crippen LogP contribution in [0.15, 0.2) is 29.5 Å². The molecule has 1 aliphatic heterocycles. The van der Waals surface area contributed by atoms with Gasteiger partial charge in [-0.25, -0.2) is 9.97 Å². The summed E-state index contributed by atoms with van der Waals surface area (Å²) >= 11 is 1.74. The molecule has 5 nitrogen and oxygen atoms in total. The van der Waals surface area contributed by atoms with Crippen molar-refractivity contribution < 1.29 is 5.11 Å². The fourth-order valence-electron chi connectivity index (χ4n) is 4.12. The van der Waals surface area contributed by atoms with Crippen LogP contribution in [0.5, 0.6) is 0 Å². The number of rotatable bonds is 3. The van der Waals surface area contributed by atoms with Gasteiger partial charge in [-0.2, -0.15) is 0 Å². The summed E-state index contributed by atoms with van der Waals surface area (Å²) in [6.07, 6.45) is 6.43. The first-order valence-electron chi connectivity index (χ1n) is 9.36. The topological polar surface area (TPSA) is 70.4 Å². The Balaban J connectivity index is 1.53. The fraction of sp³-hybridized carbons (Fsp3) is 0.381. The van der Waals surface area contributed by atoms with E-state index >= 15 is 0 Å². The van der Waals surface area contributed by atoms with Crippen molar-refractivity contribution >= 4 is 39.3 Å². The van der Waals surface area contributed by atoms with Crippen LogP contribution in [-0.4, -0.2) is 26.9 Å². The third-order valence-corrected chi connectivity index (χ3v) is 6.91. The molecule has 138 valence electrons. The Morgan fingerprint density at radius 3 is 3.00 bits per heavy atom. The number of benzene rings is 1. The van der Waals surface area contributed by atoms with E-state index in [0.29, 0.717) is 5.92 Å². The SMILES string of the molecule is CC(C)(O)C1CCc2c(sc3ncnc(Nc4ccc5c(c4)C=NC5)c23)C1. The fourth-order valence-corrected chi connectivity index (χ4v) is 5.39. The van der Waals surface area contributed by atoms with E-state index in [1.54, 1.807) is 17.7 Å². The molecular weight excluding hydrogens is 356 g/mol. The van der Waals surface area contributed by atoms with E-state index < -0.39 is 5.60 Å². The van der Waals surface area contributed by atoms with Crippen molar-refractivity contribution in [2.75, 3.05) is 5.32 Å². The minimum atomic E-state index is -0.646. The van der Waals surface area contributed by atoms with Crippen molar-refractivity contribution in [1.29, 1.82) is 0 Å². The van der Waals surface area contributed by atoms with E-state index in [0.717, 1.165) is 47.5 Å². The van der Waals surface area contributed by atoms with Crippen molar-refractivity contribution in [2.24, 2.45) is 10.9 Å². The minimum absolute atomic E-state index is 0.290. The zero-order valence-electron chi connectivity index (χ0n) is 15.5. The van der Waals surface area contributed by atoms with Crippen molar-refractivity contribution in [1.82, 2.24) is 9.97 Å². The maximum absolute atomic E-state index is 10.4. The summed E-state index contributed by atoms with van der Waals surface area (Å²) in [6, 6.07) is 6.34. The molecule has 1 aliphatic carbocycles. The average Bonchev–Trinajstić information content (AvgIpc) is 3.24. The standard InChI is InChI=1S/C21H22N4OS/c1-21(2,26)14-4-6-16-17(8-14)27-20-18(16)19(23-11-24-20)25-15-5-3-12-9-22-10-13(12)7-15/h3,5,7,10-11,14,26H,4,6,8-9H2,1-2H3,(H,23,24,25). The van der Waals surface area contributed by atoms with Gasteiger partial charge < -0.3 is 10.4 Å². The van der Waals surface area contributed by atoms with Crippen LogP contribution in [0.25, 0.3) is 10.2 Å². The molecule has 3 aromatic rings. The molecule has 5 rings (SSSR count). The second kappa shape index (κ2) is 6.11. The van der Waals surface area contributed by atoms with Gasteiger partial charge in [-0.05, 0) is 67.9 Å². The van der Waals surface area contributed by atoms with Gasteiger partial charge in [0.05, 0.1) is 17.5 Å². The van der Waals surface area contributed by atoms with Gasteiger partial charge in [-0.15, -0.1) is 11.3 Å². The lowest BCUT2D eigenvalue weighted by atomic mass is 9.78. The third kappa shape index (κ3) is 2.93. The number of aromatic nitrogens is 2. The molecule has 0 fully saturated rings. The van der Waals surface area contributed by atoms with Gasteiger partial charge in [0.25, 0.3) is 0 Å². The van der Waals surface area contributed by atoms with Gasteiger partial charge in [-0.3, -0.25) is 4.99 Å². The van der Waals surface area contributed by atoms with Crippen LogP contribution in [0.2, 0.25) is 0 Å². The first-order valence-corrected chi connectivity index (χ1v) is 10.2. The van der Waals surface area contributed by atoms with Gasteiger partial charge >= 0.3 is 0 Å². The number of nitrogens with one attached hydrogen (secondary N) is 1. The lowest BCUT2D eigenvalue weighted by Gasteiger charge is -2.32. The van der Waals surface area contributed by atoms with Crippen LogP contribution >= 0.6 is 11.3 Å². The van der Waals surface area contributed by atoms with E-state index in [1.807, 2.05) is 20.1 Å². The molecule has 2 aromatic heterocycles. The number of fused-ring (bicyclic) bond motifs is 4. The van der Waals surface area contributed by atoms with E-state index in [-0.39, 0.29) is 0 Å². The molecule has 2 aliphatic rings. The van der Waals surface area contributed by atoms with Crippen LogP contribution in [0.4, 0.5) is 11.5 Å². The van der Waals surface area contributed by atoms with Crippen LogP contribution in [0, 0.1) is 5.92 Å². The Labute approximate surface area is 162 Å². The van der Waals surface area contributed by atoms with Crippen LogP contribution in [0.3, 0.4) is 0 Å². The zero-order chi connectivity index (χ0) is 18.6. The minimum Gasteiger partial charge on any atom is -0.390 e. The molecule has 27 heavy (non-hydrogen) atoms. The van der Waals surface area contributed by atoms with Gasteiger partial charge in [0.1, 0.15) is 17.0 Å². The molecule has 0 bridgehead atoms. The van der Waals surface area contributed by atoms with Crippen LogP contribution < -0.4 is 5.32 Å². The molecular formula is C21H22N4OS. The Kier molecular flexibility index (Phi) is 3.81. The summed E-state index contributed by atoms with van der Waals surface area (Å²) in [5.41, 5.74) is 4.16. The zero-order valence-corrected chi connectivity index (χ0v) is 16.3. The summed E-state index contributed by atoms with van der Waals surface area (Å²) in [5, 5.41) is 15.1. The molecule has 0 radical (unpaired) electrons. The third-order valence-electron chi connectivity index (χ3n) is 5.75. The first kappa shape index (κ1) is 16.8. The summed E-state index contributed by atoms with van der Waals surface area (Å²) in [4.78, 5) is 15.8. The van der Waals surface area contributed by atoms with Gasteiger partial charge in [-0.1, -0.05) is 6.07 Å². The average molecular weight is 379 g/mol. The van der Waals surface area contributed by atoms with Gasteiger partial charge in [0.15, 0.2) is 0 Å². The monoisotopic (exact) mass is 378 g/mol. The molecule has 1 aromatic carbocycles. The number of hydrogen-bond acceptors (Lipinski definition) is 6. The predicted molar refractivity (Wildman–Crippen MR) is 110 cm³/mol. The largest absolute Gasteiger partial charge is 0.390 e. The van der Waals surface area contributed by atoms with Crippen molar-refractivity contribution in [3.63, 3.8) is 0 Å². The van der Waals surface area contributed by atoms with Crippen molar-refractivity contribution in [3.05, 3.63) is 46.1 Å². The van der Waals surface area contributed by atoms with Crippen LogP contribution in [0.1, 0.15) is 41.8 Å². The lowest BCUT2D eigenvalue weighted by molar-refractivity contribution is 0.0116. The molecule has 1 unspecified atom stereocenters. The maximum Gasteiger partial charge on any atom is 0.142 e. The Morgan fingerprint density at radius 1 is 1.26 bits per heavy atom. The second-order valence-corrected chi connectivity index (χ2v) is 9.09. The highest BCUT2D eigenvalue weighted by atomic mass is 32.1. The molecule has 0 spiro atoms. The number of hydrogen-bond donors (Lipinski definition) is 2. The van der Waals surface area contributed by atoms with Crippen LogP contribution in [-0.2, 0) is 19.4 Å². The molecule has 1 atom stereocenters. The highest BCUT2D eigenvalue weighted by Gasteiger charge is 2.33. The number of nitrogens with zero attached hydrogens (tertiary/aromatic N) is 3. The smallest absolute Gasteiger partial charge is 0.142 e. The van der Waals surface area contributed by atoms with E-state index in [4.69, 9.17) is 0 Å².